The Kier molecular flexibility index (Phi) is 6.94. The lowest BCUT2D eigenvalue weighted by Gasteiger charge is -2.11. The Bertz CT molecular complexity index is 656. The van der Waals surface area contributed by atoms with Gasteiger partial charge in [0.05, 0.1) is 6.54 Å². The third-order valence-electron chi connectivity index (χ3n) is 3.40. The molecule has 0 saturated carbocycles. The van der Waals surface area contributed by atoms with E-state index in [1.807, 2.05) is 18.2 Å². The SMILES string of the molecule is CC(C)c1cccc(OCCNC(=O)COc2ccc(Cl)cc2)c1. The molecule has 2 aromatic rings. The van der Waals surface area contributed by atoms with Crippen molar-refractivity contribution < 1.29 is 14.3 Å². The predicted molar refractivity (Wildman–Crippen MR) is 96.0 cm³/mol. The fraction of sp³-hybridized carbons (Fsp3) is 0.316. The molecule has 1 amide bonds. The van der Waals surface area contributed by atoms with Gasteiger partial charge in [0.15, 0.2) is 6.61 Å². The number of nitrogens with one attached hydrogen (secondary N) is 1. The van der Waals surface area contributed by atoms with Crippen molar-refractivity contribution in [2.24, 2.45) is 0 Å². The highest BCUT2D eigenvalue weighted by atomic mass is 35.5. The number of rotatable bonds is 8. The molecule has 0 aliphatic carbocycles. The summed E-state index contributed by atoms with van der Waals surface area (Å²) in [7, 11) is 0. The zero-order valence-corrected chi connectivity index (χ0v) is 14.7. The molecular formula is C19H22ClNO3. The number of hydrogen-bond donors (Lipinski definition) is 1. The van der Waals surface area contributed by atoms with Gasteiger partial charge in [0.25, 0.3) is 5.91 Å². The summed E-state index contributed by atoms with van der Waals surface area (Å²) in [4.78, 5) is 11.7. The van der Waals surface area contributed by atoms with E-state index in [1.165, 1.54) is 5.56 Å². The highest BCUT2D eigenvalue weighted by molar-refractivity contribution is 6.30. The zero-order chi connectivity index (χ0) is 17.4. The van der Waals surface area contributed by atoms with E-state index >= 15 is 0 Å². The van der Waals surface area contributed by atoms with E-state index in [2.05, 4.69) is 25.2 Å². The lowest BCUT2D eigenvalue weighted by atomic mass is 10.0. The first-order valence-corrected chi connectivity index (χ1v) is 8.30. The number of carbonyl (C=O) groups is 1. The van der Waals surface area contributed by atoms with Crippen LogP contribution < -0.4 is 14.8 Å². The first kappa shape index (κ1) is 18.1. The third-order valence-corrected chi connectivity index (χ3v) is 3.65. The van der Waals surface area contributed by atoms with Gasteiger partial charge in [-0.25, -0.2) is 0 Å². The van der Waals surface area contributed by atoms with Crippen LogP contribution in [-0.4, -0.2) is 25.7 Å². The van der Waals surface area contributed by atoms with Gasteiger partial charge >= 0.3 is 0 Å². The molecule has 0 aliphatic heterocycles. The summed E-state index contributed by atoms with van der Waals surface area (Å²) in [6.07, 6.45) is 0. The van der Waals surface area contributed by atoms with Gasteiger partial charge < -0.3 is 14.8 Å². The van der Waals surface area contributed by atoms with Gasteiger partial charge in [-0.1, -0.05) is 37.6 Å². The van der Waals surface area contributed by atoms with Gasteiger partial charge in [-0.15, -0.1) is 0 Å². The summed E-state index contributed by atoms with van der Waals surface area (Å²) >= 11 is 5.79. The summed E-state index contributed by atoms with van der Waals surface area (Å²) in [5.74, 6) is 1.69. The molecule has 0 saturated heterocycles. The van der Waals surface area contributed by atoms with E-state index in [0.29, 0.717) is 29.8 Å². The highest BCUT2D eigenvalue weighted by Gasteiger charge is 2.04. The van der Waals surface area contributed by atoms with Crippen LogP contribution in [0.15, 0.2) is 48.5 Å². The molecule has 2 rings (SSSR count). The smallest absolute Gasteiger partial charge is 0.258 e. The Morgan fingerprint density at radius 2 is 1.83 bits per heavy atom. The average Bonchev–Trinajstić information content (AvgIpc) is 2.58. The third kappa shape index (κ3) is 6.13. The normalized spacial score (nSPS) is 10.5. The minimum atomic E-state index is -0.190. The van der Waals surface area contributed by atoms with Crippen LogP contribution in [0.25, 0.3) is 0 Å². The van der Waals surface area contributed by atoms with Crippen LogP contribution in [0.3, 0.4) is 0 Å². The van der Waals surface area contributed by atoms with E-state index < -0.39 is 0 Å². The van der Waals surface area contributed by atoms with Crippen molar-refractivity contribution in [2.45, 2.75) is 19.8 Å². The maximum Gasteiger partial charge on any atom is 0.258 e. The molecule has 0 heterocycles. The molecule has 0 radical (unpaired) electrons. The molecule has 0 atom stereocenters. The molecule has 0 aromatic heterocycles. The standard InChI is InChI=1S/C19H22ClNO3/c1-14(2)15-4-3-5-18(12-15)23-11-10-21-19(22)13-24-17-8-6-16(20)7-9-17/h3-9,12,14H,10-11,13H2,1-2H3,(H,21,22). The van der Waals surface area contributed by atoms with Gasteiger partial charge in [0.2, 0.25) is 0 Å². The number of carbonyl (C=O) groups excluding carboxylic acids is 1. The fourth-order valence-corrected chi connectivity index (χ4v) is 2.18. The van der Waals surface area contributed by atoms with Gasteiger partial charge in [-0.3, -0.25) is 4.79 Å². The van der Waals surface area contributed by atoms with Gasteiger partial charge in [0.1, 0.15) is 18.1 Å². The molecule has 0 bridgehead atoms. The second-order valence-corrected chi connectivity index (χ2v) is 6.10. The molecule has 2 aromatic carbocycles. The first-order chi connectivity index (χ1) is 11.5. The number of amides is 1. The lowest BCUT2D eigenvalue weighted by molar-refractivity contribution is -0.123. The van der Waals surface area contributed by atoms with Gasteiger partial charge in [0, 0.05) is 5.02 Å². The summed E-state index contributed by atoms with van der Waals surface area (Å²) < 4.78 is 11.0. The van der Waals surface area contributed by atoms with Gasteiger partial charge in [-0.2, -0.15) is 0 Å². The minimum absolute atomic E-state index is 0.0372. The Labute approximate surface area is 147 Å². The number of halogens is 1. The van der Waals surface area contributed by atoms with Gasteiger partial charge in [-0.05, 0) is 47.9 Å². The Balaban J connectivity index is 1.65. The quantitative estimate of drug-likeness (QED) is 0.733. The van der Waals surface area contributed by atoms with E-state index in [9.17, 15) is 4.79 Å². The molecular weight excluding hydrogens is 326 g/mol. The Morgan fingerprint density at radius 1 is 1.08 bits per heavy atom. The summed E-state index contributed by atoms with van der Waals surface area (Å²) in [6.45, 7) is 5.08. The topological polar surface area (TPSA) is 47.6 Å². The van der Waals surface area contributed by atoms with Crippen molar-refractivity contribution in [1.82, 2.24) is 5.32 Å². The molecule has 24 heavy (non-hydrogen) atoms. The minimum Gasteiger partial charge on any atom is -0.492 e. The zero-order valence-electron chi connectivity index (χ0n) is 13.9. The fourth-order valence-electron chi connectivity index (χ4n) is 2.05. The molecule has 128 valence electrons. The Hall–Kier alpha value is -2.20. The number of benzene rings is 2. The number of hydrogen-bond acceptors (Lipinski definition) is 3. The maximum absolute atomic E-state index is 11.7. The van der Waals surface area contributed by atoms with Crippen LogP contribution in [-0.2, 0) is 4.79 Å². The lowest BCUT2D eigenvalue weighted by Crippen LogP contribution is -2.32. The second kappa shape index (κ2) is 9.18. The van der Waals surface area contributed by atoms with Crippen molar-refractivity contribution >= 4 is 17.5 Å². The van der Waals surface area contributed by atoms with Crippen LogP contribution in [0.2, 0.25) is 5.02 Å². The van der Waals surface area contributed by atoms with E-state index in [0.717, 1.165) is 5.75 Å². The molecule has 0 aliphatic rings. The molecule has 1 N–H and O–H groups in total. The predicted octanol–water partition coefficient (Wildman–Crippen LogP) is 4.04. The summed E-state index contributed by atoms with van der Waals surface area (Å²) in [5.41, 5.74) is 1.23. The van der Waals surface area contributed by atoms with Crippen LogP contribution in [0.5, 0.6) is 11.5 Å². The van der Waals surface area contributed by atoms with Crippen molar-refractivity contribution in [3.8, 4) is 11.5 Å². The van der Waals surface area contributed by atoms with Crippen molar-refractivity contribution in [3.05, 3.63) is 59.1 Å². The largest absolute Gasteiger partial charge is 0.492 e. The molecule has 0 fully saturated rings. The first-order valence-electron chi connectivity index (χ1n) is 7.92. The van der Waals surface area contributed by atoms with E-state index in [1.54, 1.807) is 24.3 Å². The Morgan fingerprint density at radius 3 is 2.54 bits per heavy atom. The second-order valence-electron chi connectivity index (χ2n) is 5.67. The molecule has 5 heteroatoms. The summed E-state index contributed by atoms with van der Waals surface area (Å²) in [6, 6.07) is 14.9. The molecule has 0 unspecified atom stereocenters. The average molecular weight is 348 g/mol. The van der Waals surface area contributed by atoms with Crippen molar-refractivity contribution in [1.29, 1.82) is 0 Å². The molecule has 0 spiro atoms. The summed E-state index contributed by atoms with van der Waals surface area (Å²) in [5, 5.41) is 3.39. The van der Waals surface area contributed by atoms with Crippen LogP contribution >= 0.6 is 11.6 Å². The van der Waals surface area contributed by atoms with Crippen LogP contribution in [0.1, 0.15) is 25.3 Å². The van der Waals surface area contributed by atoms with E-state index in [-0.39, 0.29) is 12.5 Å². The van der Waals surface area contributed by atoms with E-state index in [4.69, 9.17) is 21.1 Å². The molecule has 4 nitrogen and oxygen atoms in total. The highest BCUT2D eigenvalue weighted by Crippen LogP contribution is 2.20. The van der Waals surface area contributed by atoms with Crippen LogP contribution in [0, 0.1) is 0 Å². The monoisotopic (exact) mass is 347 g/mol. The maximum atomic E-state index is 11.7. The number of ether oxygens (including phenoxy) is 2. The van der Waals surface area contributed by atoms with Crippen LogP contribution in [0.4, 0.5) is 0 Å². The van der Waals surface area contributed by atoms with Crippen molar-refractivity contribution in [2.75, 3.05) is 19.8 Å². The van der Waals surface area contributed by atoms with Crippen molar-refractivity contribution in [3.63, 3.8) is 0 Å².